The van der Waals surface area contributed by atoms with Crippen molar-refractivity contribution >= 4 is 11.9 Å². The minimum atomic E-state index is -1.30. The smallest absolute Gasteiger partial charge is 0.325 e. The van der Waals surface area contributed by atoms with Gasteiger partial charge in [0.2, 0.25) is 5.91 Å². The monoisotopic (exact) mass is 272 g/mol. The van der Waals surface area contributed by atoms with Gasteiger partial charge in [-0.25, -0.2) is 8.78 Å². The number of carbonyl (C=O) groups excluding carboxylic acids is 1. The number of hydrogen-bond acceptors (Lipinski definition) is 3. The van der Waals surface area contributed by atoms with Crippen molar-refractivity contribution in [3.8, 4) is 0 Å². The summed E-state index contributed by atoms with van der Waals surface area (Å²) in [6.45, 7) is 1.68. The highest BCUT2D eigenvalue weighted by Gasteiger charge is 2.22. The molecule has 0 aliphatic carbocycles. The van der Waals surface area contributed by atoms with Gasteiger partial charge in [0, 0.05) is 31.6 Å². The van der Waals surface area contributed by atoms with Crippen LogP contribution < -0.4 is 10.6 Å². The van der Waals surface area contributed by atoms with Gasteiger partial charge >= 0.3 is 5.97 Å². The van der Waals surface area contributed by atoms with Crippen molar-refractivity contribution in [1.82, 2.24) is 10.6 Å². The van der Waals surface area contributed by atoms with Crippen LogP contribution in [0.15, 0.2) is 18.2 Å². The maximum absolute atomic E-state index is 13.5. The number of carboxylic acids is 1. The zero-order chi connectivity index (χ0) is 14.4. The minimum absolute atomic E-state index is 0.146. The standard InChI is InChI=1S/C12H14F2N2O3/c1-7(17)15-4-5-16-11(12(18)19)9-3-2-8(13)6-10(9)14/h2-3,6,11,16H,4-5H2,1H3,(H,15,17)(H,18,19). The van der Waals surface area contributed by atoms with Crippen LogP contribution in [-0.2, 0) is 9.59 Å². The van der Waals surface area contributed by atoms with Crippen molar-refractivity contribution in [2.24, 2.45) is 0 Å². The molecule has 1 aromatic carbocycles. The molecule has 0 aromatic heterocycles. The lowest BCUT2D eigenvalue weighted by Crippen LogP contribution is -2.36. The maximum atomic E-state index is 13.5. The number of carboxylic acid groups (broad SMARTS) is 1. The number of nitrogens with one attached hydrogen (secondary N) is 2. The molecule has 19 heavy (non-hydrogen) atoms. The van der Waals surface area contributed by atoms with Gasteiger partial charge in [0.15, 0.2) is 0 Å². The summed E-state index contributed by atoms with van der Waals surface area (Å²) in [5.74, 6) is -3.24. The van der Waals surface area contributed by atoms with Crippen LogP contribution in [0.5, 0.6) is 0 Å². The topological polar surface area (TPSA) is 78.4 Å². The highest BCUT2D eigenvalue weighted by Crippen LogP contribution is 2.18. The average Bonchev–Trinajstić information content (AvgIpc) is 2.30. The summed E-state index contributed by atoms with van der Waals surface area (Å²) in [6, 6.07) is 1.40. The summed E-state index contributed by atoms with van der Waals surface area (Å²) < 4.78 is 26.2. The molecule has 1 unspecified atom stereocenters. The van der Waals surface area contributed by atoms with E-state index in [4.69, 9.17) is 5.11 Å². The molecule has 0 saturated carbocycles. The molecule has 1 aromatic rings. The molecule has 0 aliphatic rings. The zero-order valence-electron chi connectivity index (χ0n) is 10.2. The summed E-state index contributed by atoms with van der Waals surface area (Å²) >= 11 is 0. The molecule has 0 heterocycles. The highest BCUT2D eigenvalue weighted by molar-refractivity contribution is 5.75. The molecular formula is C12H14F2N2O3. The Hall–Kier alpha value is -2.02. The van der Waals surface area contributed by atoms with E-state index in [-0.39, 0.29) is 24.6 Å². The first kappa shape index (κ1) is 15.0. The van der Waals surface area contributed by atoms with Crippen LogP contribution in [0.2, 0.25) is 0 Å². The van der Waals surface area contributed by atoms with Gasteiger partial charge in [-0.15, -0.1) is 0 Å². The Balaban J connectivity index is 2.72. The average molecular weight is 272 g/mol. The van der Waals surface area contributed by atoms with Crippen LogP contribution in [-0.4, -0.2) is 30.1 Å². The van der Waals surface area contributed by atoms with Gasteiger partial charge < -0.3 is 10.4 Å². The fourth-order valence-corrected chi connectivity index (χ4v) is 1.52. The van der Waals surface area contributed by atoms with Crippen LogP contribution >= 0.6 is 0 Å². The van der Waals surface area contributed by atoms with E-state index in [9.17, 15) is 18.4 Å². The molecule has 7 heteroatoms. The molecule has 1 amide bonds. The van der Waals surface area contributed by atoms with Crippen LogP contribution in [0.25, 0.3) is 0 Å². The summed E-state index contributed by atoms with van der Waals surface area (Å²) in [4.78, 5) is 21.7. The van der Waals surface area contributed by atoms with Crippen molar-refractivity contribution in [3.05, 3.63) is 35.4 Å². The number of hydrogen-bond donors (Lipinski definition) is 3. The maximum Gasteiger partial charge on any atom is 0.325 e. The summed E-state index contributed by atoms with van der Waals surface area (Å²) in [5, 5.41) is 14.1. The Bertz CT molecular complexity index is 480. The number of rotatable bonds is 6. The predicted octanol–water partition coefficient (Wildman–Crippen LogP) is 0.816. The first-order valence-corrected chi connectivity index (χ1v) is 5.57. The SMILES string of the molecule is CC(=O)NCCNC(C(=O)O)c1ccc(F)cc1F. The van der Waals surface area contributed by atoms with Crippen molar-refractivity contribution in [1.29, 1.82) is 0 Å². The predicted molar refractivity (Wildman–Crippen MR) is 63.4 cm³/mol. The highest BCUT2D eigenvalue weighted by atomic mass is 19.1. The molecule has 3 N–H and O–H groups in total. The van der Waals surface area contributed by atoms with E-state index in [1.807, 2.05) is 0 Å². The first-order valence-electron chi connectivity index (χ1n) is 5.57. The molecule has 0 bridgehead atoms. The van der Waals surface area contributed by atoms with E-state index in [1.165, 1.54) is 6.92 Å². The summed E-state index contributed by atoms with van der Waals surface area (Å²) in [6.07, 6.45) is 0. The number of benzene rings is 1. The fourth-order valence-electron chi connectivity index (χ4n) is 1.52. The van der Waals surface area contributed by atoms with Crippen LogP contribution in [0, 0.1) is 11.6 Å². The molecule has 0 spiro atoms. The van der Waals surface area contributed by atoms with E-state index in [2.05, 4.69) is 10.6 Å². The molecule has 0 aliphatic heterocycles. The third-order valence-corrected chi connectivity index (χ3v) is 2.37. The lowest BCUT2D eigenvalue weighted by molar-refractivity contribution is -0.139. The number of halogens is 2. The van der Waals surface area contributed by atoms with E-state index >= 15 is 0 Å². The zero-order valence-corrected chi connectivity index (χ0v) is 10.2. The lowest BCUT2D eigenvalue weighted by atomic mass is 10.1. The van der Waals surface area contributed by atoms with Crippen LogP contribution in [0.1, 0.15) is 18.5 Å². The lowest BCUT2D eigenvalue weighted by Gasteiger charge is -2.15. The Labute approximate surface area is 108 Å². The van der Waals surface area contributed by atoms with Gasteiger partial charge in [0.1, 0.15) is 17.7 Å². The molecule has 5 nitrogen and oxygen atoms in total. The van der Waals surface area contributed by atoms with Crippen LogP contribution in [0.3, 0.4) is 0 Å². The Morgan fingerprint density at radius 1 is 1.32 bits per heavy atom. The second-order valence-electron chi connectivity index (χ2n) is 3.87. The van der Waals surface area contributed by atoms with Gasteiger partial charge in [-0.05, 0) is 6.07 Å². The number of carbonyl (C=O) groups is 2. The molecule has 104 valence electrons. The molecule has 0 saturated heterocycles. The third kappa shape index (κ3) is 4.63. The van der Waals surface area contributed by atoms with Crippen molar-refractivity contribution in [2.45, 2.75) is 13.0 Å². The van der Waals surface area contributed by atoms with Gasteiger partial charge in [-0.1, -0.05) is 6.07 Å². The second kappa shape index (κ2) is 6.79. The van der Waals surface area contributed by atoms with Gasteiger partial charge in [0.25, 0.3) is 0 Å². The number of amides is 1. The van der Waals surface area contributed by atoms with Gasteiger partial charge in [0.05, 0.1) is 0 Å². The van der Waals surface area contributed by atoms with E-state index in [0.29, 0.717) is 6.07 Å². The van der Waals surface area contributed by atoms with E-state index in [0.717, 1.165) is 12.1 Å². The quantitative estimate of drug-likeness (QED) is 0.670. The normalized spacial score (nSPS) is 11.9. The van der Waals surface area contributed by atoms with E-state index in [1.54, 1.807) is 0 Å². The molecule has 1 rings (SSSR count). The summed E-state index contributed by atoms with van der Waals surface area (Å²) in [5.41, 5.74) is -0.156. The van der Waals surface area contributed by atoms with Crippen molar-refractivity contribution in [2.75, 3.05) is 13.1 Å². The van der Waals surface area contributed by atoms with Gasteiger partial charge in [-0.2, -0.15) is 0 Å². The largest absolute Gasteiger partial charge is 0.480 e. The van der Waals surface area contributed by atoms with Crippen molar-refractivity contribution in [3.63, 3.8) is 0 Å². The number of aliphatic carboxylic acids is 1. The molecule has 0 radical (unpaired) electrons. The van der Waals surface area contributed by atoms with Crippen molar-refractivity contribution < 1.29 is 23.5 Å². The minimum Gasteiger partial charge on any atom is -0.480 e. The fraction of sp³-hybridized carbons (Fsp3) is 0.333. The Morgan fingerprint density at radius 2 is 2.00 bits per heavy atom. The first-order chi connectivity index (χ1) is 8.91. The molecular weight excluding hydrogens is 258 g/mol. The van der Waals surface area contributed by atoms with E-state index < -0.39 is 23.6 Å². The second-order valence-corrected chi connectivity index (χ2v) is 3.87. The Kier molecular flexibility index (Phi) is 5.37. The molecule has 1 atom stereocenters. The molecule has 0 fully saturated rings. The Morgan fingerprint density at radius 3 is 2.53 bits per heavy atom. The van der Waals surface area contributed by atoms with Crippen LogP contribution in [0.4, 0.5) is 8.78 Å². The van der Waals surface area contributed by atoms with Gasteiger partial charge in [-0.3, -0.25) is 14.9 Å². The summed E-state index contributed by atoms with van der Waals surface area (Å²) in [7, 11) is 0. The third-order valence-electron chi connectivity index (χ3n) is 2.37.